The number of hydrogen-bond donors (Lipinski definition) is 2. The number of nitrogens with two attached hydrogens (primary N) is 1. The number of nitrogens with one attached hydrogen (secondary N) is 1. The number of amides is 2. The van der Waals surface area contributed by atoms with Crippen LogP contribution in [0.4, 0.5) is 4.79 Å². The molecule has 1 aromatic rings. The van der Waals surface area contributed by atoms with Crippen LogP contribution in [0.5, 0.6) is 5.75 Å². The van der Waals surface area contributed by atoms with Crippen LogP contribution in [0.2, 0.25) is 0 Å². The number of para-hydroxylation sites is 1. The first-order chi connectivity index (χ1) is 8.00. The SMILES string of the molecule is CC(=O)Oc1ccccc1C(=O)ONC(N)=O.[CaH2]. The summed E-state index contributed by atoms with van der Waals surface area (Å²) in [7, 11) is 0. The van der Waals surface area contributed by atoms with Gasteiger partial charge in [-0.15, -0.1) is 0 Å². The Morgan fingerprint density at radius 1 is 1.22 bits per heavy atom. The molecular weight excluding hydrogens is 268 g/mol. The van der Waals surface area contributed by atoms with Crippen molar-refractivity contribution in [3.8, 4) is 5.75 Å². The Labute approximate surface area is 133 Å². The van der Waals surface area contributed by atoms with Crippen LogP contribution >= 0.6 is 0 Å². The number of carbonyl (C=O) groups is 3. The number of hydroxylamine groups is 1. The van der Waals surface area contributed by atoms with Crippen LogP contribution in [0.3, 0.4) is 0 Å². The van der Waals surface area contributed by atoms with Crippen LogP contribution in [-0.4, -0.2) is 55.7 Å². The predicted molar refractivity (Wildman–Crippen MR) is 64.4 cm³/mol. The molecule has 2 amide bonds. The summed E-state index contributed by atoms with van der Waals surface area (Å²) >= 11 is 0. The quantitative estimate of drug-likeness (QED) is 0.326. The molecule has 0 saturated carbocycles. The second-order valence-corrected chi connectivity index (χ2v) is 2.95. The van der Waals surface area contributed by atoms with Gasteiger partial charge in [0.05, 0.1) is 0 Å². The molecule has 0 saturated heterocycles. The van der Waals surface area contributed by atoms with Gasteiger partial charge in [0.1, 0.15) is 11.3 Å². The van der Waals surface area contributed by atoms with Crippen molar-refractivity contribution < 1.29 is 24.0 Å². The van der Waals surface area contributed by atoms with Gasteiger partial charge in [0.15, 0.2) is 0 Å². The Morgan fingerprint density at radius 2 is 1.83 bits per heavy atom. The molecule has 8 heteroatoms. The molecule has 3 N–H and O–H groups in total. The minimum atomic E-state index is -1.01. The summed E-state index contributed by atoms with van der Waals surface area (Å²) in [5, 5.41) is 0. The van der Waals surface area contributed by atoms with Crippen LogP contribution in [0.1, 0.15) is 17.3 Å². The van der Waals surface area contributed by atoms with Crippen molar-refractivity contribution in [2.45, 2.75) is 6.92 Å². The summed E-state index contributed by atoms with van der Waals surface area (Å²) in [6.45, 7) is 1.20. The molecule has 0 aliphatic rings. The number of esters is 1. The van der Waals surface area contributed by atoms with E-state index in [1.165, 1.54) is 19.1 Å². The van der Waals surface area contributed by atoms with E-state index in [1.807, 2.05) is 0 Å². The van der Waals surface area contributed by atoms with Gasteiger partial charge in [-0.05, 0) is 12.1 Å². The van der Waals surface area contributed by atoms with E-state index < -0.39 is 18.0 Å². The average molecular weight is 280 g/mol. The maximum atomic E-state index is 11.5. The molecule has 94 valence electrons. The van der Waals surface area contributed by atoms with Gasteiger partial charge in [0.2, 0.25) is 0 Å². The Bertz CT molecular complexity index is 463. The van der Waals surface area contributed by atoms with Gasteiger partial charge in [-0.2, -0.15) is 5.48 Å². The molecular formula is C10H12CaN2O5. The van der Waals surface area contributed by atoms with Gasteiger partial charge in [-0.1, -0.05) is 12.1 Å². The normalized spacial score (nSPS) is 8.72. The molecule has 1 aromatic carbocycles. The first-order valence-electron chi connectivity index (χ1n) is 4.54. The summed E-state index contributed by atoms with van der Waals surface area (Å²) in [4.78, 5) is 37.0. The van der Waals surface area contributed by atoms with Gasteiger partial charge in [0, 0.05) is 6.92 Å². The number of benzene rings is 1. The zero-order valence-electron chi connectivity index (χ0n) is 8.93. The Kier molecular flexibility index (Phi) is 7.33. The summed E-state index contributed by atoms with van der Waals surface area (Å²) in [6, 6.07) is 4.92. The molecule has 0 fully saturated rings. The van der Waals surface area contributed by atoms with Crippen molar-refractivity contribution in [1.82, 2.24) is 5.48 Å². The molecule has 0 heterocycles. The van der Waals surface area contributed by atoms with Gasteiger partial charge < -0.3 is 15.3 Å². The first-order valence-corrected chi connectivity index (χ1v) is 4.54. The van der Waals surface area contributed by atoms with E-state index in [9.17, 15) is 14.4 Å². The van der Waals surface area contributed by atoms with Crippen LogP contribution in [0.15, 0.2) is 24.3 Å². The van der Waals surface area contributed by atoms with E-state index in [1.54, 1.807) is 17.6 Å². The van der Waals surface area contributed by atoms with E-state index in [0.29, 0.717) is 0 Å². The molecule has 0 atom stereocenters. The fraction of sp³-hybridized carbons (Fsp3) is 0.100. The predicted octanol–water partition coefficient (Wildman–Crippen LogP) is -0.564. The second-order valence-electron chi connectivity index (χ2n) is 2.95. The number of carbonyl (C=O) groups excluding carboxylic acids is 3. The Morgan fingerprint density at radius 3 is 2.39 bits per heavy atom. The zero-order chi connectivity index (χ0) is 12.8. The van der Waals surface area contributed by atoms with Gasteiger partial charge in [-0.3, -0.25) is 4.79 Å². The topological polar surface area (TPSA) is 108 Å². The van der Waals surface area contributed by atoms with E-state index in [2.05, 4.69) is 4.84 Å². The van der Waals surface area contributed by atoms with E-state index in [-0.39, 0.29) is 49.1 Å². The van der Waals surface area contributed by atoms with Gasteiger partial charge >= 0.3 is 55.7 Å². The molecule has 18 heavy (non-hydrogen) atoms. The number of hydrogen-bond acceptors (Lipinski definition) is 5. The molecule has 0 spiro atoms. The number of ether oxygens (including phenoxy) is 1. The van der Waals surface area contributed by atoms with Crippen LogP contribution in [0.25, 0.3) is 0 Å². The molecule has 0 aliphatic carbocycles. The molecule has 0 aromatic heterocycles. The van der Waals surface area contributed by atoms with E-state index >= 15 is 0 Å². The molecule has 0 bridgehead atoms. The van der Waals surface area contributed by atoms with Crippen molar-refractivity contribution in [1.29, 1.82) is 0 Å². The third-order valence-corrected chi connectivity index (χ3v) is 1.60. The number of primary amides is 1. The monoisotopic (exact) mass is 280 g/mol. The number of rotatable bonds is 2. The standard InChI is InChI=1S/C10H10N2O5.Ca.2H/c1-6(13)16-8-5-3-2-4-7(8)9(14)17-12-10(11)15;;;/h2-5H,1H3,(H3,11,12,15);;;. The average Bonchev–Trinajstić information content (AvgIpc) is 2.25. The summed E-state index contributed by atoms with van der Waals surface area (Å²) in [5.74, 6) is -1.43. The van der Waals surface area contributed by atoms with Crippen molar-refractivity contribution >= 4 is 55.7 Å². The van der Waals surface area contributed by atoms with Gasteiger partial charge in [0.25, 0.3) is 0 Å². The first kappa shape index (κ1) is 16.7. The van der Waals surface area contributed by atoms with Crippen molar-refractivity contribution in [2.75, 3.05) is 0 Å². The third-order valence-electron chi connectivity index (χ3n) is 1.60. The Balaban J connectivity index is 0.00000289. The summed E-state index contributed by atoms with van der Waals surface area (Å²) in [5.41, 5.74) is 6.39. The van der Waals surface area contributed by atoms with Crippen molar-refractivity contribution in [3.05, 3.63) is 29.8 Å². The Hall–Kier alpha value is -1.31. The fourth-order valence-corrected chi connectivity index (χ4v) is 1.03. The van der Waals surface area contributed by atoms with E-state index in [0.717, 1.165) is 0 Å². The molecule has 0 aliphatic heterocycles. The van der Waals surface area contributed by atoms with Crippen LogP contribution in [0, 0.1) is 0 Å². The van der Waals surface area contributed by atoms with E-state index in [4.69, 9.17) is 10.5 Å². The number of urea groups is 1. The second kappa shape index (κ2) is 7.91. The van der Waals surface area contributed by atoms with Crippen LogP contribution < -0.4 is 16.0 Å². The minimum absolute atomic E-state index is 0. The van der Waals surface area contributed by atoms with Crippen molar-refractivity contribution in [3.63, 3.8) is 0 Å². The molecule has 0 unspecified atom stereocenters. The molecule has 1 rings (SSSR count). The fourth-order valence-electron chi connectivity index (χ4n) is 1.03. The zero-order valence-corrected chi connectivity index (χ0v) is 8.93. The maximum absolute atomic E-state index is 11.5. The summed E-state index contributed by atoms with van der Waals surface area (Å²) < 4.78 is 4.79. The van der Waals surface area contributed by atoms with Gasteiger partial charge in [-0.25, -0.2) is 9.59 Å². The summed E-state index contributed by atoms with van der Waals surface area (Å²) in [6.07, 6.45) is 0. The third kappa shape index (κ3) is 5.35. The van der Waals surface area contributed by atoms with Crippen LogP contribution in [-0.2, 0) is 9.63 Å². The molecule has 7 nitrogen and oxygen atoms in total. The van der Waals surface area contributed by atoms with Crippen molar-refractivity contribution in [2.24, 2.45) is 5.73 Å². The molecule has 0 radical (unpaired) electrons.